The first-order chi connectivity index (χ1) is 10.8. The minimum Gasteiger partial charge on any atom is -0.385 e. The van der Waals surface area contributed by atoms with Gasteiger partial charge in [0.05, 0.1) is 11.8 Å². The van der Waals surface area contributed by atoms with Crippen molar-refractivity contribution in [1.82, 2.24) is 20.1 Å². The number of rotatable bonds is 9. The summed E-state index contributed by atoms with van der Waals surface area (Å²) in [4.78, 5) is 23.7. The predicted octanol–water partition coefficient (Wildman–Crippen LogP) is 0.754. The molecule has 0 aliphatic carbocycles. The molecule has 2 N–H and O–H groups in total. The lowest BCUT2D eigenvalue weighted by Gasteiger charge is -2.27. The molecule has 0 aliphatic rings. The molecule has 0 aromatic carbocycles. The molecule has 0 saturated carbocycles. The van der Waals surface area contributed by atoms with E-state index >= 15 is 0 Å². The maximum absolute atomic E-state index is 12.0. The van der Waals surface area contributed by atoms with Crippen molar-refractivity contribution >= 4 is 17.7 Å². The zero-order valence-electron chi connectivity index (χ0n) is 13.9. The Hall–Kier alpha value is -1.79. The Morgan fingerprint density at radius 3 is 2.87 bits per heavy atom. The summed E-state index contributed by atoms with van der Waals surface area (Å²) in [6, 6.07) is 2.12. The Bertz CT molecular complexity index is 619. The highest BCUT2D eigenvalue weighted by Gasteiger charge is 2.30. The number of thioether (sulfide) groups is 1. The van der Waals surface area contributed by atoms with Gasteiger partial charge in [0.2, 0.25) is 5.91 Å². The molecular formula is C14H23N5O3S. The molecule has 23 heavy (non-hydrogen) atoms. The zero-order valence-corrected chi connectivity index (χ0v) is 14.7. The highest BCUT2D eigenvalue weighted by molar-refractivity contribution is 7.99. The van der Waals surface area contributed by atoms with Crippen LogP contribution in [-0.4, -0.2) is 45.7 Å². The lowest BCUT2D eigenvalue weighted by Crippen LogP contribution is -2.49. The third-order valence-electron chi connectivity index (χ3n) is 3.57. The molecule has 1 unspecified atom stereocenters. The van der Waals surface area contributed by atoms with Crippen LogP contribution in [0.3, 0.4) is 0 Å². The minimum atomic E-state index is -0.915. The Morgan fingerprint density at radius 1 is 1.61 bits per heavy atom. The highest BCUT2D eigenvalue weighted by Crippen LogP contribution is 2.17. The van der Waals surface area contributed by atoms with E-state index in [-0.39, 0.29) is 23.3 Å². The lowest BCUT2D eigenvalue weighted by molar-refractivity contribution is -0.120. The number of H-pyrrole nitrogens is 1. The van der Waals surface area contributed by atoms with Crippen molar-refractivity contribution in [3.05, 3.63) is 10.5 Å². The minimum absolute atomic E-state index is 0.0148. The molecule has 9 heteroatoms. The summed E-state index contributed by atoms with van der Waals surface area (Å²) in [5.74, 6) is -0.204. The molecule has 128 valence electrons. The van der Waals surface area contributed by atoms with Gasteiger partial charge in [0.15, 0.2) is 5.16 Å². The zero-order chi connectivity index (χ0) is 17.5. The van der Waals surface area contributed by atoms with Crippen molar-refractivity contribution in [2.24, 2.45) is 5.92 Å². The first kappa shape index (κ1) is 19.3. The van der Waals surface area contributed by atoms with Gasteiger partial charge in [-0.05, 0) is 19.3 Å². The summed E-state index contributed by atoms with van der Waals surface area (Å²) >= 11 is 1.16. The third-order valence-corrected chi connectivity index (χ3v) is 4.55. The molecule has 1 atom stereocenters. The van der Waals surface area contributed by atoms with Crippen LogP contribution < -0.4 is 11.0 Å². The maximum atomic E-state index is 12.0. The van der Waals surface area contributed by atoms with Crippen molar-refractivity contribution in [2.45, 2.75) is 44.4 Å². The summed E-state index contributed by atoms with van der Waals surface area (Å²) in [5.41, 5.74) is -1.23. The van der Waals surface area contributed by atoms with Gasteiger partial charge in [0, 0.05) is 20.3 Å². The van der Waals surface area contributed by atoms with Gasteiger partial charge in [0.25, 0.3) is 0 Å². The van der Waals surface area contributed by atoms with Crippen LogP contribution in [0.15, 0.2) is 9.95 Å². The summed E-state index contributed by atoms with van der Waals surface area (Å²) in [5, 5.41) is 18.7. The quantitative estimate of drug-likeness (QED) is 0.506. The predicted molar refractivity (Wildman–Crippen MR) is 87.1 cm³/mol. The monoisotopic (exact) mass is 341 g/mol. The van der Waals surface area contributed by atoms with Crippen LogP contribution in [-0.2, 0) is 16.1 Å². The molecule has 8 nitrogen and oxygen atoms in total. The topological polar surface area (TPSA) is 113 Å². The van der Waals surface area contributed by atoms with E-state index in [0.717, 1.165) is 11.8 Å². The van der Waals surface area contributed by atoms with E-state index in [9.17, 15) is 14.9 Å². The van der Waals surface area contributed by atoms with Crippen molar-refractivity contribution in [1.29, 1.82) is 5.26 Å². The number of methoxy groups -OCH3 is 1. The second-order valence-corrected chi connectivity index (χ2v) is 6.56. The van der Waals surface area contributed by atoms with Crippen LogP contribution in [0, 0.1) is 17.2 Å². The first-order valence-electron chi connectivity index (χ1n) is 7.33. The molecule has 1 aromatic heterocycles. The van der Waals surface area contributed by atoms with Crippen LogP contribution in [0.1, 0.15) is 27.2 Å². The average Bonchev–Trinajstić information content (AvgIpc) is 2.86. The van der Waals surface area contributed by atoms with Gasteiger partial charge in [-0.25, -0.2) is 9.89 Å². The van der Waals surface area contributed by atoms with Gasteiger partial charge in [-0.2, -0.15) is 5.26 Å². The van der Waals surface area contributed by atoms with Crippen LogP contribution in [0.5, 0.6) is 0 Å². The second kappa shape index (κ2) is 8.74. The van der Waals surface area contributed by atoms with E-state index in [1.807, 2.05) is 13.8 Å². The van der Waals surface area contributed by atoms with Crippen LogP contribution in [0.2, 0.25) is 0 Å². The summed E-state index contributed by atoms with van der Waals surface area (Å²) in [6.45, 7) is 6.44. The maximum Gasteiger partial charge on any atom is 0.343 e. The number of carbonyl (C=O) groups excluding carboxylic acids is 1. The van der Waals surface area contributed by atoms with Crippen molar-refractivity contribution in [3.8, 4) is 6.07 Å². The molecule has 0 fully saturated rings. The average molecular weight is 341 g/mol. The van der Waals surface area contributed by atoms with Gasteiger partial charge in [-0.3, -0.25) is 9.36 Å². The summed E-state index contributed by atoms with van der Waals surface area (Å²) < 4.78 is 6.44. The number of amides is 1. The van der Waals surface area contributed by atoms with E-state index < -0.39 is 5.54 Å². The van der Waals surface area contributed by atoms with Gasteiger partial charge in [-0.1, -0.05) is 25.6 Å². The SMILES string of the molecule is COCCCn1c(SCC(=O)NC(C)(C#N)C(C)C)n[nH]c1=O. The second-order valence-electron chi connectivity index (χ2n) is 5.62. The van der Waals surface area contributed by atoms with Crippen LogP contribution >= 0.6 is 11.8 Å². The molecule has 0 spiro atoms. The van der Waals surface area contributed by atoms with E-state index in [1.54, 1.807) is 14.0 Å². The van der Waals surface area contributed by atoms with Crippen LogP contribution in [0.4, 0.5) is 0 Å². The molecule has 0 bridgehead atoms. The first-order valence-corrected chi connectivity index (χ1v) is 8.31. The number of hydrogen-bond acceptors (Lipinski definition) is 6. The van der Waals surface area contributed by atoms with Gasteiger partial charge >= 0.3 is 5.69 Å². The number of ether oxygens (including phenoxy) is 1. The lowest BCUT2D eigenvalue weighted by atomic mass is 9.90. The van der Waals surface area contributed by atoms with Gasteiger partial charge in [-0.15, -0.1) is 5.10 Å². The fraction of sp³-hybridized carbons (Fsp3) is 0.714. The number of nitriles is 1. The molecule has 1 heterocycles. The number of nitrogens with one attached hydrogen (secondary N) is 2. The smallest absolute Gasteiger partial charge is 0.343 e. The third kappa shape index (κ3) is 5.41. The Balaban J connectivity index is 2.63. The standard InChI is InChI=1S/C14H23N5O3S/c1-10(2)14(3,9-15)16-11(20)8-23-13-18-17-12(21)19(13)6-5-7-22-4/h10H,5-8H2,1-4H3,(H,16,20)(H,17,21). The molecular weight excluding hydrogens is 318 g/mol. The van der Waals surface area contributed by atoms with Crippen molar-refractivity contribution in [2.75, 3.05) is 19.5 Å². The molecule has 1 rings (SSSR count). The number of aromatic amines is 1. The van der Waals surface area contributed by atoms with E-state index in [1.165, 1.54) is 4.57 Å². The van der Waals surface area contributed by atoms with E-state index in [4.69, 9.17) is 4.74 Å². The number of hydrogen-bond donors (Lipinski definition) is 2. The normalized spacial score (nSPS) is 13.6. The number of carbonyl (C=O) groups is 1. The Labute approximate surface area is 139 Å². The number of aromatic nitrogens is 3. The number of nitrogens with zero attached hydrogens (tertiary/aromatic N) is 3. The van der Waals surface area contributed by atoms with Crippen LogP contribution in [0.25, 0.3) is 0 Å². The Kier molecular flexibility index (Phi) is 7.32. The summed E-state index contributed by atoms with van der Waals surface area (Å²) in [6.07, 6.45) is 0.676. The van der Waals surface area contributed by atoms with E-state index in [2.05, 4.69) is 21.6 Å². The van der Waals surface area contributed by atoms with Gasteiger partial charge in [0.1, 0.15) is 5.54 Å². The molecule has 1 aromatic rings. The molecule has 0 aliphatic heterocycles. The van der Waals surface area contributed by atoms with E-state index in [0.29, 0.717) is 24.7 Å². The highest BCUT2D eigenvalue weighted by atomic mass is 32.2. The van der Waals surface area contributed by atoms with Gasteiger partial charge < -0.3 is 10.1 Å². The molecule has 0 saturated heterocycles. The van der Waals surface area contributed by atoms with Crippen molar-refractivity contribution < 1.29 is 9.53 Å². The largest absolute Gasteiger partial charge is 0.385 e. The molecule has 0 radical (unpaired) electrons. The fourth-order valence-corrected chi connectivity index (χ4v) is 2.51. The van der Waals surface area contributed by atoms with Crippen molar-refractivity contribution in [3.63, 3.8) is 0 Å². The Morgan fingerprint density at radius 2 is 2.30 bits per heavy atom. The molecule has 1 amide bonds. The fourth-order valence-electron chi connectivity index (χ4n) is 1.73. The summed E-state index contributed by atoms with van der Waals surface area (Å²) in [7, 11) is 1.60.